The van der Waals surface area contributed by atoms with Crippen molar-refractivity contribution in [3.05, 3.63) is 23.2 Å². The highest BCUT2D eigenvalue weighted by Gasteiger charge is 2.29. The highest BCUT2D eigenvalue weighted by molar-refractivity contribution is 8.00. The molecule has 88 valence electrons. The van der Waals surface area contributed by atoms with Crippen LogP contribution in [-0.2, 0) is 0 Å². The Morgan fingerprint density at radius 3 is 2.56 bits per heavy atom. The highest BCUT2D eigenvalue weighted by Crippen LogP contribution is 2.38. The summed E-state index contributed by atoms with van der Waals surface area (Å²) in [4.78, 5) is 0.00986. The molecule has 0 saturated heterocycles. The lowest BCUT2D eigenvalue weighted by Crippen LogP contribution is -2.19. The molecule has 0 atom stereocenters. The smallest absolute Gasteiger partial charge is 0.376 e. The fourth-order valence-corrected chi connectivity index (χ4v) is 1.78. The van der Waals surface area contributed by atoms with Crippen LogP contribution in [0.3, 0.4) is 0 Å². The summed E-state index contributed by atoms with van der Waals surface area (Å²) in [6.45, 7) is 0. The number of rotatable bonds is 2. The first-order valence-electron chi connectivity index (χ1n) is 3.90. The van der Waals surface area contributed by atoms with Crippen molar-refractivity contribution in [1.29, 1.82) is 0 Å². The number of nitrogens with one attached hydrogen (secondary N) is 1. The lowest BCUT2D eigenvalue weighted by Gasteiger charge is -2.10. The maximum absolute atomic E-state index is 12.1. The molecule has 1 rings (SSSR count). The van der Waals surface area contributed by atoms with Crippen molar-refractivity contribution in [1.82, 2.24) is 0 Å². The van der Waals surface area contributed by atoms with Gasteiger partial charge in [0.05, 0.1) is 10.7 Å². The van der Waals surface area contributed by atoms with E-state index in [0.29, 0.717) is 0 Å². The summed E-state index contributed by atoms with van der Waals surface area (Å²) < 4.78 is 36.3. The van der Waals surface area contributed by atoms with E-state index in [1.807, 2.05) is 0 Å². The second-order valence-corrected chi connectivity index (χ2v) is 4.66. The number of thiocarbonyl (C=S) groups is 1. The minimum Gasteiger partial charge on any atom is -0.376 e. The van der Waals surface area contributed by atoms with Gasteiger partial charge in [0.25, 0.3) is 0 Å². The van der Waals surface area contributed by atoms with E-state index in [4.69, 9.17) is 17.3 Å². The van der Waals surface area contributed by atoms with Crippen molar-refractivity contribution in [3.8, 4) is 0 Å². The quantitative estimate of drug-likeness (QED) is 0.643. The molecule has 2 nitrogen and oxygen atoms in total. The van der Waals surface area contributed by atoms with Crippen LogP contribution in [0.2, 0.25) is 5.02 Å². The van der Waals surface area contributed by atoms with Gasteiger partial charge in [-0.2, -0.15) is 13.2 Å². The van der Waals surface area contributed by atoms with Gasteiger partial charge in [0, 0.05) is 4.90 Å². The van der Waals surface area contributed by atoms with Gasteiger partial charge in [0.2, 0.25) is 0 Å². The Morgan fingerprint density at radius 2 is 2.06 bits per heavy atom. The fraction of sp³-hybridized carbons (Fsp3) is 0.125. The summed E-state index contributed by atoms with van der Waals surface area (Å²) in [5.41, 5.74) is 1.12. The van der Waals surface area contributed by atoms with Gasteiger partial charge in [-0.05, 0) is 42.2 Å². The van der Waals surface area contributed by atoms with E-state index < -0.39 is 5.51 Å². The molecule has 0 bridgehead atoms. The number of hydrogen-bond acceptors (Lipinski definition) is 2. The molecule has 0 aromatic heterocycles. The molecule has 0 radical (unpaired) electrons. The van der Waals surface area contributed by atoms with Crippen molar-refractivity contribution in [2.45, 2.75) is 10.4 Å². The van der Waals surface area contributed by atoms with Crippen molar-refractivity contribution in [2.75, 3.05) is 5.32 Å². The molecule has 0 heterocycles. The van der Waals surface area contributed by atoms with Crippen LogP contribution < -0.4 is 11.1 Å². The number of thioether (sulfide) groups is 1. The zero-order valence-electron chi connectivity index (χ0n) is 7.64. The minimum atomic E-state index is -4.34. The molecule has 0 saturated carbocycles. The van der Waals surface area contributed by atoms with Crippen LogP contribution in [0.5, 0.6) is 0 Å². The summed E-state index contributed by atoms with van der Waals surface area (Å²) in [7, 11) is 0. The Balaban J connectivity index is 2.93. The molecule has 16 heavy (non-hydrogen) atoms. The van der Waals surface area contributed by atoms with Crippen molar-refractivity contribution < 1.29 is 13.2 Å². The van der Waals surface area contributed by atoms with Gasteiger partial charge in [-0.15, -0.1) is 0 Å². The van der Waals surface area contributed by atoms with Crippen LogP contribution in [-0.4, -0.2) is 10.6 Å². The summed E-state index contributed by atoms with van der Waals surface area (Å²) >= 11 is 10.1. The summed E-state index contributed by atoms with van der Waals surface area (Å²) in [5.74, 6) is 0. The number of hydrogen-bond donors (Lipinski definition) is 2. The molecule has 0 amide bonds. The molecular weight excluding hydrogens is 281 g/mol. The second kappa shape index (κ2) is 5.11. The van der Waals surface area contributed by atoms with Crippen LogP contribution >= 0.6 is 35.6 Å². The normalized spacial score (nSPS) is 11.2. The molecule has 0 aliphatic heterocycles. The Kier molecular flexibility index (Phi) is 4.28. The molecule has 0 spiro atoms. The minimum absolute atomic E-state index is 0.00986. The van der Waals surface area contributed by atoms with Crippen molar-refractivity contribution in [2.24, 2.45) is 5.73 Å². The van der Waals surface area contributed by atoms with Crippen LogP contribution in [0, 0.1) is 0 Å². The van der Waals surface area contributed by atoms with Gasteiger partial charge in [0.15, 0.2) is 5.11 Å². The topological polar surface area (TPSA) is 38.0 Å². The number of benzene rings is 1. The number of alkyl halides is 3. The zero-order chi connectivity index (χ0) is 12.3. The van der Waals surface area contributed by atoms with Crippen molar-refractivity contribution in [3.63, 3.8) is 0 Å². The van der Waals surface area contributed by atoms with Gasteiger partial charge >= 0.3 is 5.51 Å². The molecule has 1 aromatic carbocycles. The third kappa shape index (κ3) is 4.46. The third-order valence-corrected chi connectivity index (χ3v) is 2.58. The largest absolute Gasteiger partial charge is 0.446 e. The number of anilines is 1. The first kappa shape index (κ1) is 13.4. The molecule has 0 aliphatic rings. The predicted molar refractivity (Wildman–Crippen MR) is 63.8 cm³/mol. The van der Waals surface area contributed by atoms with Crippen LogP contribution in [0.4, 0.5) is 18.9 Å². The summed E-state index contributed by atoms with van der Waals surface area (Å²) in [6, 6.07) is 3.85. The molecule has 3 N–H and O–H groups in total. The van der Waals surface area contributed by atoms with Gasteiger partial charge in [-0.25, -0.2) is 0 Å². The monoisotopic (exact) mass is 286 g/mol. The van der Waals surface area contributed by atoms with Crippen molar-refractivity contribution >= 4 is 46.4 Å². The van der Waals surface area contributed by atoms with E-state index in [-0.39, 0.29) is 32.5 Å². The fourth-order valence-electron chi connectivity index (χ4n) is 0.930. The molecule has 1 aromatic rings. The lowest BCUT2D eigenvalue weighted by atomic mass is 10.3. The third-order valence-electron chi connectivity index (χ3n) is 1.43. The van der Waals surface area contributed by atoms with E-state index >= 15 is 0 Å². The van der Waals surface area contributed by atoms with E-state index in [1.165, 1.54) is 18.2 Å². The second-order valence-electron chi connectivity index (χ2n) is 2.68. The summed E-state index contributed by atoms with van der Waals surface area (Å²) in [5, 5.41) is 2.69. The summed E-state index contributed by atoms with van der Waals surface area (Å²) in [6.07, 6.45) is 0. The van der Waals surface area contributed by atoms with E-state index in [1.54, 1.807) is 0 Å². The molecule has 8 heteroatoms. The molecule has 0 fully saturated rings. The zero-order valence-corrected chi connectivity index (χ0v) is 10.0. The maximum atomic E-state index is 12.1. The van der Waals surface area contributed by atoms with Crippen LogP contribution in [0.25, 0.3) is 0 Å². The first-order chi connectivity index (χ1) is 7.28. The Morgan fingerprint density at radius 1 is 1.44 bits per heavy atom. The first-order valence-corrected chi connectivity index (χ1v) is 5.50. The van der Waals surface area contributed by atoms with E-state index in [9.17, 15) is 13.2 Å². The Bertz CT molecular complexity index is 409. The van der Waals surface area contributed by atoms with Gasteiger partial charge in [-0.1, -0.05) is 11.6 Å². The van der Waals surface area contributed by atoms with Crippen LogP contribution in [0.15, 0.2) is 23.1 Å². The van der Waals surface area contributed by atoms with Gasteiger partial charge < -0.3 is 11.1 Å². The van der Waals surface area contributed by atoms with Gasteiger partial charge in [-0.3, -0.25) is 0 Å². The average molecular weight is 287 g/mol. The Labute approximate surface area is 104 Å². The maximum Gasteiger partial charge on any atom is 0.446 e. The van der Waals surface area contributed by atoms with E-state index in [0.717, 1.165) is 0 Å². The molecular formula is C8H6ClF3N2S2. The average Bonchev–Trinajstić information content (AvgIpc) is 2.07. The predicted octanol–water partition coefficient (Wildman–Crippen LogP) is 3.61. The van der Waals surface area contributed by atoms with E-state index in [2.05, 4.69) is 17.5 Å². The molecule has 0 unspecified atom stereocenters. The molecule has 0 aliphatic carbocycles. The SMILES string of the molecule is NC(=S)Nc1cc(SC(F)(F)F)ccc1Cl. The lowest BCUT2D eigenvalue weighted by molar-refractivity contribution is -0.0328. The van der Waals surface area contributed by atoms with Gasteiger partial charge in [0.1, 0.15) is 0 Å². The Hall–Kier alpha value is -0.660. The van der Waals surface area contributed by atoms with Crippen LogP contribution in [0.1, 0.15) is 0 Å². The standard InChI is InChI=1S/C8H6ClF3N2S2/c9-5-2-1-4(16-8(10,11)12)3-6(5)14-7(13)15/h1-3H,(H3,13,14,15). The number of nitrogens with two attached hydrogens (primary N) is 1. The highest BCUT2D eigenvalue weighted by atomic mass is 35.5. The number of halogens is 4.